The van der Waals surface area contributed by atoms with Crippen molar-refractivity contribution in [2.75, 3.05) is 19.7 Å². The number of aryl methyl sites for hydroxylation is 2. The van der Waals surface area contributed by atoms with Crippen molar-refractivity contribution in [3.05, 3.63) is 101 Å². The Labute approximate surface area is 192 Å². The third-order valence-corrected chi connectivity index (χ3v) is 6.28. The van der Waals surface area contributed by atoms with E-state index in [1.807, 2.05) is 23.9 Å². The summed E-state index contributed by atoms with van der Waals surface area (Å²) in [6, 6.07) is 18.9. The van der Waals surface area contributed by atoms with Crippen molar-refractivity contribution in [2.24, 2.45) is 7.05 Å². The van der Waals surface area contributed by atoms with Gasteiger partial charge in [-0.1, -0.05) is 35.9 Å². The zero-order valence-corrected chi connectivity index (χ0v) is 18.8. The van der Waals surface area contributed by atoms with Crippen molar-refractivity contribution in [1.82, 2.24) is 14.5 Å². The number of fused-ring (bicyclic) bond motifs is 1. The van der Waals surface area contributed by atoms with E-state index in [2.05, 4.69) is 42.2 Å². The fourth-order valence-electron chi connectivity index (χ4n) is 4.37. The van der Waals surface area contributed by atoms with Gasteiger partial charge in [0.2, 0.25) is 0 Å². The molecule has 4 aromatic rings. The van der Waals surface area contributed by atoms with Gasteiger partial charge in [-0.3, -0.25) is 9.78 Å². The van der Waals surface area contributed by atoms with E-state index in [0.29, 0.717) is 25.4 Å². The molecule has 0 unspecified atom stereocenters. The fraction of sp³-hybridized carbons (Fsp3) is 0.259. The van der Waals surface area contributed by atoms with Crippen LogP contribution < -0.4 is 0 Å². The normalized spacial score (nSPS) is 16.3. The number of carbonyl (C=O) groups is 1. The van der Waals surface area contributed by atoms with E-state index in [9.17, 15) is 9.18 Å². The van der Waals surface area contributed by atoms with E-state index in [-0.39, 0.29) is 17.8 Å². The summed E-state index contributed by atoms with van der Waals surface area (Å²) in [5, 5.41) is 0.719. The van der Waals surface area contributed by atoms with Crippen LogP contribution in [0.1, 0.15) is 39.0 Å². The number of halogens is 1. The number of ether oxygens (including phenoxy) is 1. The lowest BCUT2D eigenvalue weighted by molar-refractivity contribution is -0.0250. The third-order valence-electron chi connectivity index (χ3n) is 6.28. The van der Waals surface area contributed by atoms with E-state index >= 15 is 0 Å². The van der Waals surface area contributed by atoms with E-state index in [0.717, 1.165) is 28.6 Å². The van der Waals surface area contributed by atoms with Gasteiger partial charge in [-0.2, -0.15) is 0 Å². The van der Waals surface area contributed by atoms with Crippen LogP contribution in [-0.4, -0.2) is 40.1 Å². The molecular formula is C27H26FN3O2. The van der Waals surface area contributed by atoms with E-state index < -0.39 is 0 Å². The molecule has 0 N–H and O–H groups in total. The van der Waals surface area contributed by atoms with Crippen molar-refractivity contribution >= 4 is 16.8 Å². The molecule has 0 bridgehead atoms. The van der Waals surface area contributed by atoms with Gasteiger partial charge in [0.05, 0.1) is 18.8 Å². The second-order valence-corrected chi connectivity index (χ2v) is 8.66. The van der Waals surface area contributed by atoms with E-state index in [4.69, 9.17) is 4.74 Å². The molecular weight excluding hydrogens is 417 g/mol. The Bertz CT molecular complexity index is 1300. The first kappa shape index (κ1) is 21.3. The summed E-state index contributed by atoms with van der Waals surface area (Å²) in [5.41, 5.74) is 5.81. The fourth-order valence-corrected chi connectivity index (χ4v) is 4.37. The van der Waals surface area contributed by atoms with Crippen molar-refractivity contribution in [1.29, 1.82) is 0 Å². The Kier molecular flexibility index (Phi) is 5.68. The summed E-state index contributed by atoms with van der Waals surface area (Å²) in [6.45, 7) is 3.47. The summed E-state index contributed by atoms with van der Waals surface area (Å²) in [4.78, 5) is 19.7. The first-order valence-electron chi connectivity index (χ1n) is 11.1. The van der Waals surface area contributed by atoms with Crippen LogP contribution >= 0.6 is 0 Å². The first-order valence-corrected chi connectivity index (χ1v) is 11.1. The highest BCUT2D eigenvalue weighted by Gasteiger charge is 2.28. The van der Waals surface area contributed by atoms with Crippen LogP contribution in [0.4, 0.5) is 4.39 Å². The lowest BCUT2D eigenvalue weighted by atomic mass is 10.0. The quantitative estimate of drug-likeness (QED) is 0.454. The monoisotopic (exact) mass is 443 g/mol. The topological polar surface area (TPSA) is 47.4 Å². The molecule has 1 aliphatic heterocycles. The van der Waals surface area contributed by atoms with Gasteiger partial charge < -0.3 is 14.2 Å². The number of aromatic nitrogens is 2. The molecule has 168 valence electrons. The van der Waals surface area contributed by atoms with Gasteiger partial charge in [0, 0.05) is 30.7 Å². The number of amides is 1. The Morgan fingerprint density at radius 3 is 2.64 bits per heavy atom. The standard InChI is InChI=1S/C27H26FN3O2/c1-18-3-5-19(6-4-18)13-20-7-9-23(29-16-20)26-17-31(11-12-33-26)27(32)25-15-21-14-22(28)8-10-24(21)30(25)2/h3-10,14-16,26H,11-13,17H2,1-2H3/t26-/m0/s1. The first-order chi connectivity index (χ1) is 16.0. The molecule has 2 aromatic carbocycles. The van der Waals surface area contributed by atoms with Gasteiger partial charge in [-0.15, -0.1) is 0 Å². The lowest BCUT2D eigenvalue weighted by Crippen LogP contribution is -2.43. The van der Waals surface area contributed by atoms with E-state index in [1.54, 1.807) is 17.0 Å². The molecule has 0 aliphatic carbocycles. The average molecular weight is 444 g/mol. The second kappa shape index (κ2) is 8.79. The number of nitrogens with zero attached hydrogens (tertiary/aromatic N) is 3. The molecule has 6 heteroatoms. The molecule has 1 atom stereocenters. The van der Waals surface area contributed by atoms with Crippen LogP contribution in [0.15, 0.2) is 66.9 Å². The largest absolute Gasteiger partial charge is 0.368 e. The zero-order valence-electron chi connectivity index (χ0n) is 18.8. The minimum Gasteiger partial charge on any atom is -0.368 e. The molecule has 0 spiro atoms. The van der Waals surface area contributed by atoms with E-state index in [1.165, 1.54) is 23.3 Å². The molecule has 1 fully saturated rings. The molecule has 3 heterocycles. The third kappa shape index (κ3) is 4.39. The average Bonchev–Trinajstić information content (AvgIpc) is 3.16. The smallest absolute Gasteiger partial charge is 0.270 e. The highest BCUT2D eigenvalue weighted by molar-refractivity contribution is 5.98. The van der Waals surface area contributed by atoms with Crippen molar-refractivity contribution < 1.29 is 13.9 Å². The minimum atomic E-state index is -0.310. The number of hydrogen-bond acceptors (Lipinski definition) is 3. The SMILES string of the molecule is Cc1ccc(Cc2ccc([C@@H]3CN(C(=O)c4cc5cc(F)ccc5n4C)CCO3)nc2)cc1. The Hall–Kier alpha value is -3.51. The number of hydrogen-bond donors (Lipinski definition) is 0. The van der Waals surface area contributed by atoms with Crippen LogP contribution in [0.2, 0.25) is 0 Å². The summed E-state index contributed by atoms with van der Waals surface area (Å²) in [6.07, 6.45) is 2.44. The lowest BCUT2D eigenvalue weighted by Gasteiger charge is -2.32. The molecule has 0 radical (unpaired) electrons. The number of pyridine rings is 1. The maximum Gasteiger partial charge on any atom is 0.270 e. The number of morpholine rings is 1. The Balaban J connectivity index is 1.30. The molecule has 1 amide bonds. The number of carbonyl (C=O) groups excluding carboxylic acids is 1. The summed E-state index contributed by atoms with van der Waals surface area (Å²) >= 11 is 0. The van der Waals surface area contributed by atoms with Crippen LogP contribution in [-0.2, 0) is 18.2 Å². The molecule has 0 saturated carbocycles. The predicted molar refractivity (Wildman–Crippen MR) is 126 cm³/mol. The van der Waals surface area contributed by atoms with Crippen molar-refractivity contribution in [3.8, 4) is 0 Å². The van der Waals surface area contributed by atoms with Crippen molar-refractivity contribution in [3.63, 3.8) is 0 Å². The highest BCUT2D eigenvalue weighted by atomic mass is 19.1. The maximum absolute atomic E-state index is 13.6. The molecule has 33 heavy (non-hydrogen) atoms. The molecule has 1 saturated heterocycles. The van der Waals surface area contributed by atoms with Crippen LogP contribution in [0, 0.1) is 12.7 Å². The summed E-state index contributed by atoms with van der Waals surface area (Å²) < 4.78 is 21.4. The van der Waals surface area contributed by atoms with Gasteiger partial charge in [0.15, 0.2) is 0 Å². The summed E-state index contributed by atoms with van der Waals surface area (Å²) in [7, 11) is 1.83. The number of rotatable bonds is 4. The molecule has 1 aliphatic rings. The van der Waals surface area contributed by atoms with Gasteiger partial charge in [-0.05, 0) is 54.8 Å². The van der Waals surface area contributed by atoms with Gasteiger partial charge in [0.1, 0.15) is 17.6 Å². The van der Waals surface area contributed by atoms with Gasteiger partial charge in [0.25, 0.3) is 5.91 Å². The maximum atomic E-state index is 13.6. The molecule has 5 nitrogen and oxygen atoms in total. The highest BCUT2D eigenvalue weighted by Crippen LogP contribution is 2.25. The Morgan fingerprint density at radius 1 is 1.09 bits per heavy atom. The van der Waals surface area contributed by atoms with Gasteiger partial charge in [-0.25, -0.2) is 4.39 Å². The number of benzene rings is 2. The minimum absolute atomic E-state index is 0.0848. The van der Waals surface area contributed by atoms with Crippen molar-refractivity contribution in [2.45, 2.75) is 19.4 Å². The molecule has 2 aromatic heterocycles. The van der Waals surface area contributed by atoms with Gasteiger partial charge >= 0.3 is 0 Å². The summed E-state index contributed by atoms with van der Waals surface area (Å²) in [5.74, 6) is -0.395. The van der Waals surface area contributed by atoms with Crippen LogP contribution in [0.3, 0.4) is 0 Å². The zero-order chi connectivity index (χ0) is 22.9. The van der Waals surface area contributed by atoms with Crippen LogP contribution in [0.5, 0.6) is 0 Å². The van der Waals surface area contributed by atoms with Crippen LogP contribution in [0.25, 0.3) is 10.9 Å². The Morgan fingerprint density at radius 2 is 1.88 bits per heavy atom. The molecule has 5 rings (SSSR count). The predicted octanol–water partition coefficient (Wildman–Crippen LogP) is 4.83. The second-order valence-electron chi connectivity index (χ2n) is 8.66.